The predicted molar refractivity (Wildman–Crippen MR) is 71.0 cm³/mol. The Morgan fingerprint density at radius 2 is 2.16 bits per heavy atom. The number of carbonyl (C=O) groups is 1. The molecule has 1 N–H and O–H groups in total. The number of sulfone groups is 1. The molecule has 2 unspecified atom stereocenters. The van der Waals surface area contributed by atoms with E-state index in [0.717, 1.165) is 19.1 Å². The van der Waals surface area contributed by atoms with Crippen LogP contribution in [0.3, 0.4) is 0 Å². The second kappa shape index (κ2) is 6.67. The van der Waals surface area contributed by atoms with Crippen LogP contribution >= 0.6 is 0 Å². The van der Waals surface area contributed by atoms with Crippen LogP contribution in [0.5, 0.6) is 0 Å². The highest BCUT2D eigenvalue weighted by molar-refractivity contribution is 7.92. The van der Waals surface area contributed by atoms with Crippen molar-refractivity contribution in [1.82, 2.24) is 5.48 Å². The Bertz CT molecular complexity index is 402. The molecule has 0 radical (unpaired) electrons. The van der Waals surface area contributed by atoms with Crippen molar-refractivity contribution in [2.75, 3.05) is 12.9 Å². The number of nitrogens with one attached hydrogen (secondary N) is 1. The predicted octanol–water partition coefficient (Wildman–Crippen LogP) is 1.16. The molecule has 2 atom stereocenters. The smallest absolute Gasteiger partial charge is 0.264 e. The van der Waals surface area contributed by atoms with Gasteiger partial charge >= 0.3 is 0 Å². The van der Waals surface area contributed by atoms with Crippen molar-refractivity contribution in [3.63, 3.8) is 0 Å². The number of hydrogen-bond donors (Lipinski definition) is 1. The van der Waals surface area contributed by atoms with E-state index >= 15 is 0 Å². The first-order chi connectivity index (χ1) is 8.81. The zero-order valence-corrected chi connectivity index (χ0v) is 12.6. The molecular weight excluding hydrogens is 270 g/mol. The number of rotatable bonds is 6. The lowest BCUT2D eigenvalue weighted by Crippen LogP contribution is -2.50. The quantitative estimate of drug-likeness (QED) is 0.743. The lowest BCUT2D eigenvalue weighted by Gasteiger charge is -2.28. The summed E-state index contributed by atoms with van der Waals surface area (Å²) in [5, 5.41) is 0. The van der Waals surface area contributed by atoms with Gasteiger partial charge in [0.2, 0.25) is 0 Å². The van der Waals surface area contributed by atoms with E-state index in [9.17, 15) is 13.2 Å². The van der Waals surface area contributed by atoms with Crippen LogP contribution in [0.1, 0.15) is 46.0 Å². The van der Waals surface area contributed by atoms with Gasteiger partial charge in [0, 0.05) is 19.3 Å². The van der Waals surface area contributed by atoms with E-state index < -0.39 is 26.8 Å². The van der Waals surface area contributed by atoms with E-state index in [4.69, 9.17) is 9.57 Å². The van der Waals surface area contributed by atoms with Gasteiger partial charge in [0.25, 0.3) is 5.91 Å². The summed E-state index contributed by atoms with van der Waals surface area (Å²) in [4.78, 5) is 17.2. The van der Waals surface area contributed by atoms with Crippen LogP contribution < -0.4 is 5.48 Å². The minimum Gasteiger partial charge on any atom is -0.350 e. The van der Waals surface area contributed by atoms with E-state index in [1.165, 1.54) is 6.92 Å². The van der Waals surface area contributed by atoms with Crippen LogP contribution in [0.2, 0.25) is 0 Å². The Hall–Kier alpha value is -0.660. The summed E-state index contributed by atoms with van der Waals surface area (Å²) < 4.78 is 27.4. The molecule has 1 saturated heterocycles. The molecule has 0 bridgehead atoms. The third-order valence-electron chi connectivity index (χ3n) is 3.45. The fraction of sp³-hybridized carbons (Fsp3) is 0.917. The van der Waals surface area contributed by atoms with Crippen molar-refractivity contribution in [3.05, 3.63) is 0 Å². The Labute approximate surface area is 114 Å². The Morgan fingerprint density at radius 1 is 1.47 bits per heavy atom. The molecule has 1 heterocycles. The third kappa shape index (κ3) is 4.15. The van der Waals surface area contributed by atoms with Crippen molar-refractivity contribution in [3.8, 4) is 0 Å². The van der Waals surface area contributed by atoms with Gasteiger partial charge in [0.15, 0.2) is 16.1 Å². The molecule has 112 valence electrons. The summed E-state index contributed by atoms with van der Waals surface area (Å²) in [5.41, 5.74) is 2.24. The normalized spacial score (nSPS) is 23.6. The third-order valence-corrected chi connectivity index (χ3v) is 5.47. The topological polar surface area (TPSA) is 81.7 Å². The van der Waals surface area contributed by atoms with Crippen molar-refractivity contribution in [2.45, 2.75) is 57.0 Å². The number of hydrogen-bond acceptors (Lipinski definition) is 5. The van der Waals surface area contributed by atoms with E-state index in [1.54, 1.807) is 0 Å². The van der Waals surface area contributed by atoms with Gasteiger partial charge < -0.3 is 4.74 Å². The minimum atomic E-state index is -3.51. The Balaban J connectivity index is 2.62. The van der Waals surface area contributed by atoms with Gasteiger partial charge in [-0.15, -0.1) is 0 Å². The molecule has 0 spiro atoms. The van der Waals surface area contributed by atoms with Crippen molar-refractivity contribution in [1.29, 1.82) is 0 Å². The molecule has 1 amide bonds. The summed E-state index contributed by atoms with van der Waals surface area (Å²) in [6, 6.07) is 0. The maximum absolute atomic E-state index is 12.1. The summed E-state index contributed by atoms with van der Waals surface area (Å²) in [6.45, 7) is 3.85. The van der Waals surface area contributed by atoms with Crippen LogP contribution in [0.4, 0.5) is 0 Å². The molecule has 0 aromatic heterocycles. The molecule has 0 saturated carbocycles. The molecule has 0 aliphatic carbocycles. The molecule has 1 aliphatic rings. The summed E-state index contributed by atoms with van der Waals surface area (Å²) in [7, 11) is -3.51. The highest BCUT2D eigenvalue weighted by atomic mass is 32.2. The number of ether oxygens (including phenoxy) is 1. The maximum Gasteiger partial charge on any atom is 0.264 e. The molecular formula is C12H23NO5S. The van der Waals surface area contributed by atoms with Crippen LogP contribution in [-0.4, -0.2) is 38.2 Å². The molecule has 0 aromatic carbocycles. The summed E-state index contributed by atoms with van der Waals surface area (Å²) in [6.07, 6.45) is 4.08. The largest absolute Gasteiger partial charge is 0.350 e. The lowest BCUT2D eigenvalue weighted by molar-refractivity contribution is -0.201. The first-order valence-electron chi connectivity index (χ1n) is 6.58. The van der Waals surface area contributed by atoms with Crippen LogP contribution in [0.25, 0.3) is 0 Å². The highest BCUT2D eigenvalue weighted by Crippen LogP contribution is 2.23. The van der Waals surface area contributed by atoms with E-state index in [1.807, 2.05) is 6.92 Å². The number of carbonyl (C=O) groups excluding carboxylic acids is 1. The first-order valence-corrected chi connectivity index (χ1v) is 8.47. The van der Waals surface area contributed by atoms with Gasteiger partial charge in [-0.3, -0.25) is 4.79 Å². The summed E-state index contributed by atoms with van der Waals surface area (Å²) in [5.74, 6) is -0.633. The number of amides is 1. The Morgan fingerprint density at radius 3 is 2.63 bits per heavy atom. The van der Waals surface area contributed by atoms with Gasteiger partial charge in [-0.1, -0.05) is 13.3 Å². The van der Waals surface area contributed by atoms with Gasteiger partial charge in [0.1, 0.15) is 4.75 Å². The van der Waals surface area contributed by atoms with Crippen LogP contribution in [0, 0.1) is 0 Å². The first kappa shape index (κ1) is 16.4. The highest BCUT2D eigenvalue weighted by Gasteiger charge is 2.43. The van der Waals surface area contributed by atoms with Crippen molar-refractivity contribution >= 4 is 15.7 Å². The lowest BCUT2D eigenvalue weighted by atomic mass is 10.0. The molecule has 1 fully saturated rings. The van der Waals surface area contributed by atoms with Crippen molar-refractivity contribution in [2.24, 2.45) is 0 Å². The van der Waals surface area contributed by atoms with E-state index in [2.05, 4.69) is 5.48 Å². The second-order valence-electron chi connectivity index (χ2n) is 5.10. The summed E-state index contributed by atoms with van der Waals surface area (Å²) >= 11 is 0. The second-order valence-corrected chi connectivity index (χ2v) is 7.54. The zero-order chi connectivity index (χ0) is 14.5. The monoisotopic (exact) mass is 293 g/mol. The van der Waals surface area contributed by atoms with Gasteiger partial charge in [-0.25, -0.2) is 18.7 Å². The standard InChI is InChI=1S/C12H23NO5S/c1-4-8-12(2,19(3,15)16)11(14)13-18-10-7-5-6-9-17-10/h10H,4-9H2,1-3H3,(H,13,14). The average molecular weight is 293 g/mol. The van der Waals surface area contributed by atoms with Gasteiger partial charge in [-0.05, 0) is 26.2 Å². The molecule has 19 heavy (non-hydrogen) atoms. The van der Waals surface area contributed by atoms with E-state index in [0.29, 0.717) is 19.4 Å². The van der Waals surface area contributed by atoms with Gasteiger partial charge in [-0.2, -0.15) is 0 Å². The average Bonchev–Trinajstić information content (AvgIpc) is 2.36. The van der Waals surface area contributed by atoms with Gasteiger partial charge in [0.05, 0.1) is 0 Å². The molecule has 1 rings (SSSR count). The molecule has 1 aliphatic heterocycles. The Kier molecular flexibility index (Phi) is 5.76. The minimum absolute atomic E-state index is 0.256. The van der Waals surface area contributed by atoms with E-state index in [-0.39, 0.29) is 6.42 Å². The SMILES string of the molecule is CCCC(C)(C(=O)NOC1CCCCO1)S(C)(=O)=O. The van der Waals surface area contributed by atoms with Crippen LogP contribution in [0.15, 0.2) is 0 Å². The van der Waals surface area contributed by atoms with Crippen molar-refractivity contribution < 1.29 is 22.8 Å². The fourth-order valence-electron chi connectivity index (χ4n) is 1.98. The maximum atomic E-state index is 12.1. The van der Waals surface area contributed by atoms with Crippen LogP contribution in [-0.2, 0) is 24.2 Å². The fourth-order valence-corrected chi connectivity index (χ4v) is 2.93. The zero-order valence-electron chi connectivity index (χ0n) is 11.8. The number of hydroxylamine groups is 1. The molecule has 6 nitrogen and oxygen atoms in total. The molecule has 0 aromatic rings. The molecule has 7 heteroatoms.